The maximum Gasteiger partial charge on any atom is 0.0704 e. The Labute approximate surface area is 74.7 Å². The Morgan fingerprint density at radius 2 is 2.33 bits per heavy atom. The highest BCUT2D eigenvalue weighted by Crippen LogP contribution is 2.17. The van der Waals surface area contributed by atoms with Crippen molar-refractivity contribution in [2.75, 3.05) is 19.6 Å². The number of nitrogens with one attached hydrogen (secondary N) is 1. The zero-order chi connectivity index (χ0) is 8.81. The quantitative estimate of drug-likeness (QED) is 0.593. The summed E-state index contributed by atoms with van der Waals surface area (Å²) in [5, 5.41) is 3.34. The lowest BCUT2D eigenvalue weighted by Gasteiger charge is -2.11. The van der Waals surface area contributed by atoms with E-state index in [1.54, 1.807) is 0 Å². The number of rotatable bonds is 5. The van der Waals surface area contributed by atoms with Gasteiger partial charge in [-0.05, 0) is 39.3 Å². The predicted octanol–water partition coefficient (Wildman–Crippen LogP) is 0.492. The molecule has 1 aliphatic heterocycles. The predicted molar refractivity (Wildman–Crippen MR) is 50.1 cm³/mol. The first-order valence-corrected chi connectivity index (χ1v) is 4.89. The van der Waals surface area contributed by atoms with Crippen LogP contribution in [-0.4, -0.2) is 31.8 Å². The third kappa shape index (κ3) is 3.52. The summed E-state index contributed by atoms with van der Waals surface area (Å²) < 4.78 is 5.65. The molecule has 0 aromatic heterocycles. The summed E-state index contributed by atoms with van der Waals surface area (Å²) in [5.41, 5.74) is 5.37. The highest BCUT2D eigenvalue weighted by molar-refractivity contribution is 4.72. The largest absolute Gasteiger partial charge is 0.374 e. The van der Waals surface area contributed by atoms with Gasteiger partial charge in [-0.2, -0.15) is 0 Å². The van der Waals surface area contributed by atoms with E-state index >= 15 is 0 Å². The lowest BCUT2D eigenvalue weighted by Crippen LogP contribution is -2.28. The minimum absolute atomic E-state index is 0.442. The fourth-order valence-electron chi connectivity index (χ4n) is 1.53. The van der Waals surface area contributed by atoms with Crippen LogP contribution < -0.4 is 11.1 Å². The molecule has 0 spiro atoms. The molecule has 0 aromatic carbocycles. The van der Waals surface area contributed by atoms with Gasteiger partial charge in [-0.25, -0.2) is 0 Å². The lowest BCUT2D eigenvalue weighted by molar-refractivity contribution is 0.0562. The van der Waals surface area contributed by atoms with Gasteiger partial charge in [0.05, 0.1) is 12.2 Å². The topological polar surface area (TPSA) is 47.3 Å². The molecule has 2 unspecified atom stereocenters. The molecule has 0 saturated carbocycles. The van der Waals surface area contributed by atoms with Crippen molar-refractivity contribution in [1.82, 2.24) is 5.32 Å². The maximum atomic E-state index is 5.65. The molecule has 1 heterocycles. The van der Waals surface area contributed by atoms with Crippen LogP contribution in [0.25, 0.3) is 0 Å². The van der Waals surface area contributed by atoms with Crippen molar-refractivity contribution in [3.8, 4) is 0 Å². The molecule has 2 atom stereocenters. The molecule has 0 bridgehead atoms. The van der Waals surface area contributed by atoms with Crippen molar-refractivity contribution in [1.29, 1.82) is 0 Å². The van der Waals surface area contributed by atoms with E-state index in [9.17, 15) is 0 Å². The van der Waals surface area contributed by atoms with Crippen LogP contribution >= 0.6 is 0 Å². The van der Waals surface area contributed by atoms with Gasteiger partial charge in [0, 0.05) is 6.54 Å². The fourth-order valence-corrected chi connectivity index (χ4v) is 1.53. The molecule has 12 heavy (non-hydrogen) atoms. The average Bonchev–Trinajstić information content (AvgIpc) is 2.45. The van der Waals surface area contributed by atoms with Crippen molar-refractivity contribution >= 4 is 0 Å². The van der Waals surface area contributed by atoms with E-state index in [0.29, 0.717) is 12.2 Å². The molecule has 3 nitrogen and oxygen atoms in total. The van der Waals surface area contributed by atoms with Crippen molar-refractivity contribution in [3.05, 3.63) is 0 Å². The molecule has 0 aliphatic carbocycles. The van der Waals surface area contributed by atoms with E-state index in [2.05, 4.69) is 12.2 Å². The van der Waals surface area contributed by atoms with Crippen molar-refractivity contribution in [3.63, 3.8) is 0 Å². The smallest absolute Gasteiger partial charge is 0.0704 e. The molecule has 3 heteroatoms. The van der Waals surface area contributed by atoms with Gasteiger partial charge in [0.25, 0.3) is 0 Å². The molecule has 0 aromatic rings. The van der Waals surface area contributed by atoms with Crippen LogP contribution in [0.2, 0.25) is 0 Å². The average molecular weight is 172 g/mol. The molecule has 1 fully saturated rings. The highest BCUT2D eigenvalue weighted by atomic mass is 16.5. The molecule has 1 rings (SSSR count). The Hall–Kier alpha value is -0.120. The first-order chi connectivity index (χ1) is 5.83. The summed E-state index contributed by atoms with van der Waals surface area (Å²) >= 11 is 0. The summed E-state index contributed by atoms with van der Waals surface area (Å²) in [4.78, 5) is 0. The van der Waals surface area contributed by atoms with Crippen molar-refractivity contribution in [2.45, 2.75) is 38.4 Å². The van der Waals surface area contributed by atoms with Gasteiger partial charge in [0.15, 0.2) is 0 Å². The Balaban J connectivity index is 1.93. The second kappa shape index (κ2) is 5.51. The highest BCUT2D eigenvalue weighted by Gasteiger charge is 2.20. The van der Waals surface area contributed by atoms with Gasteiger partial charge in [0.2, 0.25) is 0 Å². The number of hydrogen-bond donors (Lipinski definition) is 2. The van der Waals surface area contributed by atoms with E-state index in [1.165, 1.54) is 12.8 Å². The first kappa shape index (κ1) is 9.96. The molecule has 0 amide bonds. The third-order valence-electron chi connectivity index (χ3n) is 2.25. The zero-order valence-corrected chi connectivity index (χ0v) is 7.88. The second-order valence-electron chi connectivity index (χ2n) is 3.49. The molecular weight excluding hydrogens is 152 g/mol. The van der Waals surface area contributed by atoms with E-state index in [-0.39, 0.29) is 0 Å². The van der Waals surface area contributed by atoms with Crippen LogP contribution in [0.3, 0.4) is 0 Å². The molecule has 72 valence electrons. The van der Waals surface area contributed by atoms with Crippen LogP contribution in [0.1, 0.15) is 26.2 Å². The van der Waals surface area contributed by atoms with Gasteiger partial charge >= 0.3 is 0 Å². The van der Waals surface area contributed by atoms with E-state index in [1.807, 2.05) is 0 Å². The van der Waals surface area contributed by atoms with Crippen LogP contribution in [-0.2, 0) is 4.74 Å². The number of nitrogens with two attached hydrogens (primary N) is 1. The second-order valence-corrected chi connectivity index (χ2v) is 3.49. The van der Waals surface area contributed by atoms with Gasteiger partial charge < -0.3 is 15.8 Å². The van der Waals surface area contributed by atoms with Crippen molar-refractivity contribution < 1.29 is 4.74 Å². The Kier molecular flexibility index (Phi) is 4.58. The Morgan fingerprint density at radius 1 is 1.50 bits per heavy atom. The van der Waals surface area contributed by atoms with Gasteiger partial charge in [-0.15, -0.1) is 0 Å². The lowest BCUT2D eigenvalue weighted by atomic mass is 10.2. The van der Waals surface area contributed by atoms with Crippen LogP contribution in [0.4, 0.5) is 0 Å². The molecule has 1 saturated heterocycles. The SMILES string of the molecule is CC1CCC(CNCCCN)O1. The summed E-state index contributed by atoms with van der Waals surface area (Å²) in [7, 11) is 0. The first-order valence-electron chi connectivity index (χ1n) is 4.89. The van der Waals surface area contributed by atoms with Gasteiger partial charge in [0.1, 0.15) is 0 Å². The maximum absolute atomic E-state index is 5.65. The van der Waals surface area contributed by atoms with E-state index in [4.69, 9.17) is 10.5 Å². The monoisotopic (exact) mass is 172 g/mol. The van der Waals surface area contributed by atoms with Crippen molar-refractivity contribution in [2.24, 2.45) is 5.73 Å². The fraction of sp³-hybridized carbons (Fsp3) is 1.00. The van der Waals surface area contributed by atoms with Gasteiger partial charge in [-0.1, -0.05) is 0 Å². The van der Waals surface area contributed by atoms with Crippen LogP contribution in [0.5, 0.6) is 0 Å². The number of ether oxygens (including phenoxy) is 1. The third-order valence-corrected chi connectivity index (χ3v) is 2.25. The standard InChI is InChI=1S/C9H20N2O/c1-8-3-4-9(12-8)7-11-6-2-5-10/h8-9,11H,2-7,10H2,1H3. The van der Waals surface area contributed by atoms with Crippen LogP contribution in [0, 0.1) is 0 Å². The molecule has 3 N–H and O–H groups in total. The molecule has 0 radical (unpaired) electrons. The summed E-state index contributed by atoms with van der Waals surface area (Å²) in [6.45, 7) is 4.92. The molecular formula is C9H20N2O. The summed E-state index contributed by atoms with van der Waals surface area (Å²) in [5.74, 6) is 0. The zero-order valence-electron chi connectivity index (χ0n) is 7.88. The minimum Gasteiger partial charge on any atom is -0.374 e. The summed E-state index contributed by atoms with van der Waals surface area (Å²) in [6.07, 6.45) is 4.38. The van der Waals surface area contributed by atoms with E-state index < -0.39 is 0 Å². The number of hydrogen-bond acceptors (Lipinski definition) is 3. The van der Waals surface area contributed by atoms with Crippen LogP contribution in [0.15, 0.2) is 0 Å². The minimum atomic E-state index is 0.442. The Morgan fingerprint density at radius 3 is 2.92 bits per heavy atom. The normalized spacial score (nSPS) is 29.5. The van der Waals surface area contributed by atoms with E-state index in [0.717, 1.165) is 26.1 Å². The summed E-state index contributed by atoms with van der Waals surface area (Å²) in [6, 6.07) is 0. The molecule has 1 aliphatic rings. The van der Waals surface area contributed by atoms with Gasteiger partial charge in [-0.3, -0.25) is 0 Å². The Bertz CT molecular complexity index is 119.